The molecule has 1 aromatic carbocycles. The molecule has 0 radical (unpaired) electrons. The summed E-state index contributed by atoms with van der Waals surface area (Å²) in [5, 5.41) is 8.91. The highest BCUT2D eigenvalue weighted by molar-refractivity contribution is 7.20. The number of aryl methyl sites for hydroxylation is 1. The number of aromatic nitrogens is 2. The number of benzene rings is 1. The Bertz CT molecular complexity index is 969. The molecule has 3 aromatic rings. The van der Waals surface area contributed by atoms with Crippen LogP contribution in [0.2, 0.25) is 0 Å². The molecule has 4 rings (SSSR count). The maximum atomic E-state index is 13.1. The van der Waals surface area contributed by atoms with Crippen molar-refractivity contribution in [2.24, 2.45) is 0 Å². The Kier molecular flexibility index (Phi) is 6.37. The minimum Gasteiger partial charge on any atom is -0.336 e. The largest absolute Gasteiger partial charge is 0.336 e. The molecule has 1 N–H and O–H groups in total. The lowest BCUT2D eigenvalue weighted by atomic mass is 10.1. The Morgan fingerprint density at radius 1 is 1.36 bits per heavy atom. The van der Waals surface area contributed by atoms with E-state index in [1.165, 1.54) is 23.5 Å². The topological polar surface area (TPSA) is 50.2 Å². The number of piperidine rings is 1. The van der Waals surface area contributed by atoms with Gasteiger partial charge in [-0.15, -0.1) is 23.7 Å². The van der Waals surface area contributed by atoms with E-state index in [9.17, 15) is 9.18 Å². The molecule has 5 nitrogen and oxygen atoms in total. The maximum absolute atomic E-state index is 13.1. The lowest BCUT2D eigenvalue weighted by Gasteiger charge is -2.32. The highest BCUT2D eigenvalue weighted by Crippen LogP contribution is 2.30. The average Bonchev–Trinajstić information content (AvgIpc) is 3.24. The van der Waals surface area contributed by atoms with Gasteiger partial charge in [0.05, 0.1) is 17.1 Å². The number of carbonyl (C=O) groups is 1. The number of rotatable bonds is 4. The van der Waals surface area contributed by atoms with Crippen LogP contribution in [0.25, 0.3) is 10.2 Å². The smallest absolute Gasteiger partial charge is 0.264 e. The molecule has 0 aliphatic carbocycles. The zero-order valence-electron chi connectivity index (χ0n) is 15.9. The Hall–Kier alpha value is -1.96. The molecule has 150 valence electrons. The molecule has 1 atom stereocenters. The number of likely N-dealkylation sites (tertiary alicyclic amines) is 1. The summed E-state index contributed by atoms with van der Waals surface area (Å²) in [4.78, 5) is 16.7. The second kappa shape index (κ2) is 8.59. The van der Waals surface area contributed by atoms with Crippen molar-refractivity contribution in [1.82, 2.24) is 20.0 Å². The highest BCUT2D eigenvalue weighted by atomic mass is 35.5. The van der Waals surface area contributed by atoms with E-state index in [1.807, 2.05) is 29.6 Å². The van der Waals surface area contributed by atoms with Crippen molar-refractivity contribution in [1.29, 1.82) is 0 Å². The summed E-state index contributed by atoms with van der Waals surface area (Å²) in [7, 11) is 1.95. The molecule has 1 aliphatic rings. The minimum atomic E-state index is -0.244. The molecule has 1 unspecified atom stereocenters. The second-order valence-electron chi connectivity index (χ2n) is 7.08. The summed E-state index contributed by atoms with van der Waals surface area (Å²) in [6.07, 6.45) is 2.14. The van der Waals surface area contributed by atoms with Crippen molar-refractivity contribution < 1.29 is 9.18 Å². The third-order valence-electron chi connectivity index (χ3n) is 5.18. The zero-order valence-corrected chi connectivity index (χ0v) is 17.6. The van der Waals surface area contributed by atoms with Crippen LogP contribution in [-0.2, 0) is 6.54 Å². The number of likely N-dealkylation sites (N-methyl/N-ethyl adjacent to an activating group) is 1. The second-order valence-corrected chi connectivity index (χ2v) is 8.11. The van der Waals surface area contributed by atoms with Crippen LogP contribution in [0, 0.1) is 12.7 Å². The number of thiophene rings is 1. The first-order valence-corrected chi connectivity index (χ1v) is 10.0. The monoisotopic (exact) mass is 422 g/mol. The molecule has 0 spiro atoms. The molecular formula is C20H24ClFN4OS. The van der Waals surface area contributed by atoms with E-state index in [2.05, 4.69) is 10.4 Å². The first-order chi connectivity index (χ1) is 13.0. The number of hydrogen-bond donors (Lipinski definition) is 1. The standard InChI is InChI=1S/C20H23FN4OS.ClH/c1-13-17-10-18(19(26)24-9-3-4-16(12-24)22-2)27-20(17)25(23-13)11-14-5-7-15(21)8-6-14;/h5-8,10,16,22H,3-4,9,11-12H2,1-2H3;1H. The van der Waals surface area contributed by atoms with Crippen molar-refractivity contribution in [3.8, 4) is 0 Å². The van der Waals surface area contributed by atoms with Crippen molar-refractivity contribution in [3.05, 3.63) is 52.3 Å². The van der Waals surface area contributed by atoms with Crippen molar-refractivity contribution >= 4 is 39.9 Å². The fourth-order valence-corrected chi connectivity index (χ4v) is 4.77. The number of amides is 1. The van der Waals surface area contributed by atoms with Crippen LogP contribution in [0.15, 0.2) is 30.3 Å². The van der Waals surface area contributed by atoms with Gasteiger partial charge in [-0.2, -0.15) is 5.10 Å². The van der Waals surface area contributed by atoms with Crippen LogP contribution in [0.4, 0.5) is 4.39 Å². The number of halogens is 2. The third-order valence-corrected chi connectivity index (χ3v) is 6.32. The van der Waals surface area contributed by atoms with Gasteiger partial charge in [-0.1, -0.05) is 12.1 Å². The summed E-state index contributed by atoms with van der Waals surface area (Å²) in [5.74, 6) is -0.144. The first kappa shape index (κ1) is 20.8. The van der Waals surface area contributed by atoms with E-state index >= 15 is 0 Å². The quantitative estimate of drug-likeness (QED) is 0.695. The van der Waals surface area contributed by atoms with Crippen LogP contribution in [-0.4, -0.2) is 46.8 Å². The maximum Gasteiger partial charge on any atom is 0.264 e. The van der Waals surface area contributed by atoms with E-state index in [4.69, 9.17) is 0 Å². The van der Waals surface area contributed by atoms with Crippen LogP contribution in [0.1, 0.15) is 33.8 Å². The lowest BCUT2D eigenvalue weighted by Crippen LogP contribution is -2.46. The van der Waals surface area contributed by atoms with E-state index in [1.54, 1.807) is 12.1 Å². The van der Waals surface area contributed by atoms with Gasteiger partial charge in [0.1, 0.15) is 10.6 Å². The molecule has 1 aliphatic heterocycles. The molecule has 28 heavy (non-hydrogen) atoms. The van der Waals surface area contributed by atoms with E-state index in [0.29, 0.717) is 12.6 Å². The van der Waals surface area contributed by atoms with Crippen LogP contribution < -0.4 is 5.32 Å². The normalized spacial score (nSPS) is 17.0. The molecule has 1 fully saturated rings. The summed E-state index contributed by atoms with van der Waals surface area (Å²) < 4.78 is 15.0. The fourth-order valence-electron chi connectivity index (χ4n) is 3.64. The molecule has 8 heteroatoms. The van der Waals surface area contributed by atoms with Gasteiger partial charge >= 0.3 is 0 Å². The average molecular weight is 423 g/mol. The van der Waals surface area contributed by atoms with Crippen LogP contribution in [0.3, 0.4) is 0 Å². The predicted octanol–water partition coefficient (Wildman–Crippen LogP) is 3.84. The van der Waals surface area contributed by atoms with Gasteiger partial charge < -0.3 is 10.2 Å². The van der Waals surface area contributed by atoms with Gasteiger partial charge in [0.25, 0.3) is 5.91 Å². The van der Waals surface area contributed by atoms with Gasteiger partial charge in [0.2, 0.25) is 0 Å². The van der Waals surface area contributed by atoms with Gasteiger partial charge in [-0.3, -0.25) is 9.48 Å². The molecule has 3 heterocycles. The van der Waals surface area contributed by atoms with Gasteiger partial charge in [0.15, 0.2) is 0 Å². The number of fused-ring (bicyclic) bond motifs is 1. The number of nitrogens with one attached hydrogen (secondary N) is 1. The highest BCUT2D eigenvalue weighted by Gasteiger charge is 2.25. The van der Waals surface area contributed by atoms with Crippen LogP contribution >= 0.6 is 23.7 Å². The predicted molar refractivity (Wildman–Crippen MR) is 113 cm³/mol. The van der Waals surface area contributed by atoms with Gasteiger partial charge in [-0.05, 0) is 50.6 Å². The SMILES string of the molecule is CNC1CCCN(C(=O)c2cc3c(C)nn(Cc4ccc(F)cc4)c3s2)C1.Cl. The van der Waals surface area contributed by atoms with Gasteiger partial charge in [0, 0.05) is 24.5 Å². The summed E-state index contributed by atoms with van der Waals surface area (Å²) in [6.45, 7) is 4.09. The molecule has 1 amide bonds. The fraction of sp³-hybridized carbons (Fsp3) is 0.400. The van der Waals surface area contributed by atoms with Crippen molar-refractivity contribution in [2.45, 2.75) is 32.4 Å². The molecule has 0 bridgehead atoms. The van der Waals surface area contributed by atoms with E-state index in [-0.39, 0.29) is 24.1 Å². The summed E-state index contributed by atoms with van der Waals surface area (Å²) in [5.41, 5.74) is 1.89. The summed E-state index contributed by atoms with van der Waals surface area (Å²) >= 11 is 1.49. The molecule has 2 aromatic heterocycles. The molecule has 1 saturated heterocycles. The minimum absolute atomic E-state index is 0. The van der Waals surface area contributed by atoms with E-state index < -0.39 is 0 Å². The number of nitrogens with zero attached hydrogens (tertiary/aromatic N) is 3. The zero-order chi connectivity index (χ0) is 19.0. The Labute approximate surface area is 173 Å². The first-order valence-electron chi connectivity index (χ1n) is 9.23. The van der Waals surface area contributed by atoms with Crippen molar-refractivity contribution in [3.63, 3.8) is 0 Å². The Morgan fingerprint density at radius 2 is 2.11 bits per heavy atom. The van der Waals surface area contributed by atoms with Crippen LogP contribution in [0.5, 0.6) is 0 Å². The Morgan fingerprint density at radius 3 is 2.82 bits per heavy atom. The number of hydrogen-bond acceptors (Lipinski definition) is 4. The van der Waals surface area contributed by atoms with E-state index in [0.717, 1.165) is 52.3 Å². The van der Waals surface area contributed by atoms with Crippen molar-refractivity contribution in [2.75, 3.05) is 20.1 Å². The molecule has 0 saturated carbocycles. The Balaban J connectivity index is 0.00000225. The third kappa shape index (κ3) is 4.06. The summed E-state index contributed by atoms with van der Waals surface area (Å²) in [6, 6.07) is 8.79. The van der Waals surface area contributed by atoms with Gasteiger partial charge in [-0.25, -0.2) is 4.39 Å². The number of carbonyl (C=O) groups excluding carboxylic acids is 1. The molecular weight excluding hydrogens is 399 g/mol. The lowest BCUT2D eigenvalue weighted by molar-refractivity contribution is 0.0703.